The summed E-state index contributed by atoms with van der Waals surface area (Å²) >= 11 is 1.76. The van der Waals surface area contributed by atoms with E-state index in [4.69, 9.17) is 4.74 Å². The summed E-state index contributed by atoms with van der Waals surface area (Å²) in [5, 5.41) is 7.93. The molecule has 2 aromatic rings. The van der Waals surface area contributed by atoms with Crippen LogP contribution in [0.3, 0.4) is 0 Å². The molecule has 1 N–H and O–H groups in total. The number of hydrogen-bond donors (Lipinski definition) is 1. The summed E-state index contributed by atoms with van der Waals surface area (Å²) in [5.41, 5.74) is 3.94. The van der Waals surface area contributed by atoms with Gasteiger partial charge >= 0.3 is 0 Å². The molecule has 2 nitrogen and oxygen atoms in total. The molecule has 0 radical (unpaired) electrons. The van der Waals surface area contributed by atoms with Crippen LogP contribution in [0.1, 0.15) is 29.7 Å². The first-order valence-corrected chi connectivity index (χ1v) is 7.04. The van der Waals surface area contributed by atoms with Crippen LogP contribution in [0.15, 0.2) is 35.0 Å². The van der Waals surface area contributed by atoms with Crippen LogP contribution in [-0.4, -0.2) is 7.11 Å². The Balaban J connectivity index is 2.03. The van der Waals surface area contributed by atoms with Crippen LogP contribution in [0, 0.1) is 6.92 Å². The third-order valence-corrected chi connectivity index (χ3v) is 4.08. The first kappa shape index (κ1) is 13.1. The van der Waals surface area contributed by atoms with Gasteiger partial charge in [0.1, 0.15) is 5.75 Å². The molecule has 0 aliphatic carbocycles. The van der Waals surface area contributed by atoms with Crippen LogP contribution in [0.2, 0.25) is 0 Å². The molecule has 1 aromatic carbocycles. The van der Waals surface area contributed by atoms with Crippen molar-refractivity contribution < 1.29 is 4.74 Å². The van der Waals surface area contributed by atoms with Crippen molar-refractivity contribution in [2.75, 3.05) is 7.11 Å². The fraction of sp³-hybridized carbons (Fsp3) is 0.333. The predicted molar refractivity (Wildman–Crippen MR) is 77.3 cm³/mol. The van der Waals surface area contributed by atoms with E-state index in [0.29, 0.717) is 0 Å². The van der Waals surface area contributed by atoms with Gasteiger partial charge in [-0.25, -0.2) is 0 Å². The quantitative estimate of drug-likeness (QED) is 0.881. The van der Waals surface area contributed by atoms with E-state index in [-0.39, 0.29) is 6.04 Å². The first-order chi connectivity index (χ1) is 8.72. The molecule has 0 fully saturated rings. The summed E-state index contributed by atoms with van der Waals surface area (Å²) in [4.78, 5) is 0. The monoisotopic (exact) mass is 261 g/mol. The van der Waals surface area contributed by atoms with Crippen LogP contribution >= 0.6 is 11.3 Å². The highest BCUT2D eigenvalue weighted by molar-refractivity contribution is 7.08. The number of rotatable bonds is 5. The molecule has 3 heteroatoms. The lowest BCUT2D eigenvalue weighted by atomic mass is 10.1. The van der Waals surface area contributed by atoms with E-state index in [1.165, 1.54) is 16.7 Å². The van der Waals surface area contributed by atoms with Gasteiger partial charge in [0.05, 0.1) is 7.11 Å². The number of methoxy groups -OCH3 is 1. The predicted octanol–water partition coefficient (Wildman–Crippen LogP) is 3.92. The molecular weight excluding hydrogens is 242 g/mol. The maximum Gasteiger partial charge on any atom is 0.123 e. The molecule has 0 aliphatic heterocycles. The zero-order chi connectivity index (χ0) is 13.0. The van der Waals surface area contributed by atoms with Crippen molar-refractivity contribution in [3.8, 4) is 5.75 Å². The van der Waals surface area contributed by atoms with Crippen molar-refractivity contribution in [2.45, 2.75) is 26.4 Å². The van der Waals surface area contributed by atoms with Crippen molar-refractivity contribution >= 4 is 11.3 Å². The fourth-order valence-corrected chi connectivity index (χ4v) is 2.82. The molecule has 0 aliphatic rings. The molecule has 0 saturated carbocycles. The minimum atomic E-state index is 0.278. The fourth-order valence-electron chi connectivity index (χ4n) is 1.97. The van der Waals surface area contributed by atoms with E-state index in [2.05, 4.69) is 36.0 Å². The maximum absolute atomic E-state index is 5.39. The van der Waals surface area contributed by atoms with Gasteiger partial charge in [0, 0.05) is 18.2 Å². The van der Waals surface area contributed by atoms with Crippen molar-refractivity contribution in [1.82, 2.24) is 5.32 Å². The lowest BCUT2D eigenvalue weighted by molar-refractivity contribution is 0.401. The van der Waals surface area contributed by atoms with Crippen LogP contribution in [-0.2, 0) is 6.54 Å². The summed E-state index contributed by atoms with van der Waals surface area (Å²) in [6.07, 6.45) is 0. The lowest BCUT2D eigenvalue weighted by Gasteiger charge is -2.17. The van der Waals surface area contributed by atoms with Crippen LogP contribution < -0.4 is 10.1 Å². The summed E-state index contributed by atoms with van der Waals surface area (Å²) in [5.74, 6) is 0.944. The Morgan fingerprint density at radius 3 is 2.72 bits per heavy atom. The Bertz CT molecular complexity index is 507. The van der Waals surface area contributed by atoms with Crippen LogP contribution in [0.25, 0.3) is 0 Å². The lowest BCUT2D eigenvalue weighted by Crippen LogP contribution is -2.18. The van der Waals surface area contributed by atoms with Gasteiger partial charge in [-0.05, 0) is 41.8 Å². The van der Waals surface area contributed by atoms with E-state index < -0.39 is 0 Å². The Labute approximate surface area is 113 Å². The molecule has 1 aromatic heterocycles. The molecule has 2 rings (SSSR count). The van der Waals surface area contributed by atoms with Gasteiger partial charge in [-0.2, -0.15) is 11.3 Å². The van der Waals surface area contributed by atoms with Crippen LogP contribution in [0.5, 0.6) is 5.75 Å². The molecule has 1 heterocycles. The highest BCUT2D eigenvalue weighted by Crippen LogP contribution is 2.25. The molecular formula is C15H19NOS. The second-order valence-corrected chi connectivity index (χ2v) is 5.17. The Kier molecular flexibility index (Phi) is 4.39. The van der Waals surface area contributed by atoms with Crippen LogP contribution in [0.4, 0.5) is 0 Å². The molecule has 0 bridgehead atoms. The average molecular weight is 261 g/mol. The average Bonchev–Trinajstić information content (AvgIpc) is 2.81. The third kappa shape index (κ3) is 2.92. The normalized spacial score (nSPS) is 12.4. The van der Waals surface area contributed by atoms with E-state index in [1.54, 1.807) is 18.4 Å². The maximum atomic E-state index is 5.39. The van der Waals surface area contributed by atoms with Gasteiger partial charge in [-0.1, -0.05) is 18.2 Å². The second kappa shape index (κ2) is 6.03. The second-order valence-electron chi connectivity index (χ2n) is 4.42. The molecule has 1 atom stereocenters. The summed E-state index contributed by atoms with van der Waals surface area (Å²) < 4.78 is 5.39. The number of thiophene rings is 1. The van der Waals surface area contributed by atoms with Gasteiger partial charge in [-0.15, -0.1) is 0 Å². The minimum absolute atomic E-state index is 0.278. The molecule has 0 amide bonds. The number of hydrogen-bond acceptors (Lipinski definition) is 3. The van der Waals surface area contributed by atoms with Crippen molar-refractivity contribution in [1.29, 1.82) is 0 Å². The first-order valence-electron chi connectivity index (χ1n) is 6.10. The largest absolute Gasteiger partial charge is 0.496 e. The molecule has 18 heavy (non-hydrogen) atoms. The SMILES string of the molecule is COc1ccccc1C(C)NCc1cscc1C. The van der Waals surface area contributed by atoms with E-state index in [0.717, 1.165) is 12.3 Å². The van der Waals surface area contributed by atoms with Gasteiger partial charge in [0.15, 0.2) is 0 Å². The third-order valence-electron chi connectivity index (χ3n) is 3.17. The van der Waals surface area contributed by atoms with E-state index in [1.807, 2.05) is 18.2 Å². The van der Waals surface area contributed by atoms with Crippen molar-refractivity contribution in [3.05, 3.63) is 51.7 Å². The van der Waals surface area contributed by atoms with Crippen molar-refractivity contribution in [2.24, 2.45) is 0 Å². The molecule has 0 saturated heterocycles. The van der Waals surface area contributed by atoms with Gasteiger partial charge in [0.25, 0.3) is 0 Å². The zero-order valence-corrected chi connectivity index (χ0v) is 11.9. The Morgan fingerprint density at radius 2 is 2.06 bits per heavy atom. The van der Waals surface area contributed by atoms with Gasteiger partial charge in [-0.3, -0.25) is 0 Å². The number of nitrogens with one attached hydrogen (secondary N) is 1. The summed E-state index contributed by atoms with van der Waals surface area (Å²) in [6.45, 7) is 5.22. The van der Waals surface area contributed by atoms with E-state index >= 15 is 0 Å². The highest BCUT2D eigenvalue weighted by Gasteiger charge is 2.10. The summed E-state index contributed by atoms with van der Waals surface area (Å²) in [7, 11) is 1.72. The topological polar surface area (TPSA) is 21.3 Å². The van der Waals surface area contributed by atoms with Gasteiger partial charge < -0.3 is 10.1 Å². The summed E-state index contributed by atoms with van der Waals surface area (Å²) in [6, 6.07) is 8.44. The van der Waals surface area contributed by atoms with Gasteiger partial charge in [0.2, 0.25) is 0 Å². The number of para-hydroxylation sites is 1. The highest BCUT2D eigenvalue weighted by atomic mass is 32.1. The standard InChI is InChI=1S/C15H19NOS/c1-11-9-18-10-13(11)8-16-12(2)14-6-4-5-7-15(14)17-3/h4-7,9-10,12,16H,8H2,1-3H3. The van der Waals surface area contributed by atoms with E-state index in [9.17, 15) is 0 Å². The number of aryl methyl sites for hydroxylation is 1. The zero-order valence-electron chi connectivity index (χ0n) is 11.1. The molecule has 0 spiro atoms. The molecule has 96 valence electrons. The Morgan fingerprint density at radius 1 is 1.28 bits per heavy atom. The van der Waals surface area contributed by atoms with Crippen molar-refractivity contribution in [3.63, 3.8) is 0 Å². The molecule has 1 unspecified atom stereocenters. The Hall–Kier alpha value is -1.32. The smallest absolute Gasteiger partial charge is 0.123 e. The minimum Gasteiger partial charge on any atom is -0.496 e. The number of ether oxygens (including phenoxy) is 1. The number of benzene rings is 1.